The van der Waals surface area contributed by atoms with E-state index in [0.29, 0.717) is 29.7 Å². The molecule has 0 aliphatic carbocycles. The molecule has 0 radical (unpaired) electrons. The van der Waals surface area contributed by atoms with E-state index in [1.807, 2.05) is 13.8 Å². The molecule has 9 heteroatoms. The van der Waals surface area contributed by atoms with Crippen molar-refractivity contribution in [1.82, 2.24) is 15.2 Å². The Labute approximate surface area is 131 Å². The Kier molecular flexibility index (Phi) is 6.47. The summed E-state index contributed by atoms with van der Waals surface area (Å²) < 4.78 is 0. The first-order valence-corrected chi connectivity index (χ1v) is 7.59. The fraction of sp³-hybridized carbons (Fsp3) is 0.455. The molecule has 20 heavy (non-hydrogen) atoms. The molecule has 0 fully saturated rings. The van der Waals surface area contributed by atoms with Gasteiger partial charge in [-0.2, -0.15) is 0 Å². The third-order valence-electron chi connectivity index (χ3n) is 2.30. The highest BCUT2D eigenvalue weighted by Crippen LogP contribution is 2.23. The third kappa shape index (κ3) is 4.20. The highest BCUT2D eigenvalue weighted by Gasteiger charge is 2.14. The van der Waals surface area contributed by atoms with Crippen LogP contribution in [0, 0.1) is 0 Å². The van der Waals surface area contributed by atoms with Crippen molar-refractivity contribution in [2.45, 2.75) is 26.2 Å². The van der Waals surface area contributed by atoms with E-state index in [9.17, 15) is 4.79 Å². The molecule has 0 aromatic carbocycles. The summed E-state index contributed by atoms with van der Waals surface area (Å²) in [5.41, 5.74) is 5.85. The second-order valence-electron chi connectivity index (χ2n) is 4.22. The van der Waals surface area contributed by atoms with Crippen molar-refractivity contribution in [3.63, 3.8) is 0 Å². The molecule has 2 aromatic rings. The molecule has 0 aliphatic heterocycles. The summed E-state index contributed by atoms with van der Waals surface area (Å²) in [5, 5.41) is 14.7. The number of hydrogen-bond donors (Lipinski definition) is 2. The van der Waals surface area contributed by atoms with Crippen LogP contribution < -0.4 is 11.1 Å². The van der Waals surface area contributed by atoms with Gasteiger partial charge in [0.2, 0.25) is 5.13 Å². The first kappa shape index (κ1) is 17.0. The van der Waals surface area contributed by atoms with Crippen LogP contribution in [0.3, 0.4) is 0 Å². The van der Waals surface area contributed by atoms with E-state index in [2.05, 4.69) is 20.5 Å². The summed E-state index contributed by atoms with van der Waals surface area (Å²) in [5.74, 6) is 0.0459. The van der Waals surface area contributed by atoms with Crippen LogP contribution in [-0.2, 0) is 6.42 Å². The Morgan fingerprint density at radius 2 is 2.20 bits per heavy atom. The van der Waals surface area contributed by atoms with Crippen LogP contribution in [0.15, 0.2) is 5.38 Å². The SMILES string of the molecule is CC(C)c1nnc(NC(=O)c2csc(CCN)n2)s1.Cl. The minimum absolute atomic E-state index is 0. The van der Waals surface area contributed by atoms with Crippen molar-refractivity contribution in [2.75, 3.05) is 11.9 Å². The zero-order valence-electron chi connectivity index (χ0n) is 11.1. The molecule has 0 spiro atoms. The predicted octanol–water partition coefficient (Wildman–Crippen LogP) is 2.29. The van der Waals surface area contributed by atoms with E-state index >= 15 is 0 Å². The number of nitrogens with two attached hydrogens (primary N) is 1. The minimum atomic E-state index is -0.258. The summed E-state index contributed by atoms with van der Waals surface area (Å²) in [6.07, 6.45) is 0.689. The van der Waals surface area contributed by atoms with E-state index in [1.165, 1.54) is 22.7 Å². The molecule has 0 aliphatic rings. The van der Waals surface area contributed by atoms with Crippen molar-refractivity contribution in [2.24, 2.45) is 5.73 Å². The lowest BCUT2D eigenvalue weighted by Crippen LogP contribution is -2.12. The molecule has 0 saturated heterocycles. The second kappa shape index (κ2) is 7.63. The Hall–Kier alpha value is -1.09. The normalized spacial score (nSPS) is 10.4. The number of thiazole rings is 1. The Morgan fingerprint density at radius 3 is 2.80 bits per heavy atom. The predicted molar refractivity (Wildman–Crippen MR) is 84.1 cm³/mol. The van der Waals surface area contributed by atoms with E-state index in [-0.39, 0.29) is 18.3 Å². The number of carbonyl (C=O) groups excluding carboxylic acids is 1. The number of halogens is 1. The van der Waals surface area contributed by atoms with E-state index in [1.54, 1.807) is 5.38 Å². The number of amides is 1. The standard InChI is InChI=1S/C11H15N5OS2.ClH/c1-6(2)10-15-16-11(19-10)14-9(17)7-5-18-8(13-7)3-4-12;/h5-6H,3-4,12H2,1-2H3,(H,14,16,17);1H. The van der Waals surface area contributed by atoms with Crippen LogP contribution in [0.2, 0.25) is 0 Å². The fourth-order valence-corrected chi connectivity index (χ4v) is 2.87. The first-order chi connectivity index (χ1) is 9.10. The van der Waals surface area contributed by atoms with Gasteiger partial charge < -0.3 is 5.73 Å². The number of aromatic nitrogens is 3. The number of anilines is 1. The molecule has 0 atom stereocenters. The lowest BCUT2D eigenvalue weighted by atomic mass is 10.2. The van der Waals surface area contributed by atoms with E-state index in [0.717, 1.165) is 10.0 Å². The molecule has 0 bridgehead atoms. The van der Waals surface area contributed by atoms with Gasteiger partial charge in [-0.15, -0.1) is 33.9 Å². The van der Waals surface area contributed by atoms with Gasteiger partial charge in [-0.1, -0.05) is 25.2 Å². The van der Waals surface area contributed by atoms with Crippen LogP contribution in [0.4, 0.5) is 5.13 Å². The van der Waals surface area contributed by atoms with Gasteiger partial charge >= 0.3 is 0 Å². The van der Waals surface area contributed by atoms with Crippen molar-refractivity contribution in [1.29, 1.82) is 0 Å². The molecule has 6 nitrogen and oxygen atoms in total. The van der Waals surface area contributed by atoms with E-state index < -0.39 is 0 Å². The zero-order chi connectivity index (χ0) is 13.8. The Morgan fingerprint density at radius 1 is 1.45 bits per heavy atom. The molecule has 2 heterocycles. The number of rotatable bonds is 5. The van der Waals surface area contributed by atoms with Gasteiger partial charge in [0, 0.05) is 17.7 Å². The maximum Gasteiger partial charge on any atom is 0.276 e. The van der Waals surface area contributed by atoms with Gasteiger partial charge in [-0.3, -0.25) is 10.1 Å². The molecular weight excluding hydrogens is 318 g/mol. The topological polar surface area (TPSA) is 93.8 Å². The largest absolute Gasteiger partial charge is 0.330 e. The molecule has 1 amide bonds. The summed E-state index contributed by atoms with van der Waals surface area (Å²) in [7, 11) is 0. The van der Waals surface area contributed by atoms with Crippen LogP contribution in [-0.4, -0.2) is 27.6 Å². The van der Waals surface area contributed by atoms with Crippen LogP contribution >= 0.6 is 35.1 Å². The molecule has 0 saturated carbocycles. The molecular formula is C11H16ClN5OS2. The van der Waals surface area contributed by atoms with Gasteiger partial charge in [0.05, 0.1) is 5.01 Å². The minimum Gasteiger partial charge on any atom is -0.330 e. The summed E-state index contributed by atoms with van der Waals surface area (Å²) in [4.78, 5) is 16.2. The number of nitrogens with zero attached hydrogens (tertiary/aromatic N) is 3. The highest BCUT2D eigenvalue weighted by atomic mass is 35.5. The maximum atomic E-state index is 12.0. The van der Waals surface area contributed by atoms with Gasteiger partial charge in [-0.05, 0) is 6.54 Å². The quantitative estimate of drug-likeness (QED) is 0.875. The number of carbonyl (C=O) groups is 1. The maximum absolute atomic E-state index is 12.0. The third-order valence-corrected chi connectivity index (χ3v) is 4.35. The lowest BCUT2D eigenvalue weighted by Gasteiger charge is -1.97. The zero-order valence-corrected chi connectivity index (χ0v) is 13.6. The number of nitrogens with one attached hydrogen (secondary N) is 1. The van der Waals surface area contributed by atoms with Crippen LogP contribution in [0.1, 0.15) is 40.3 Å². The van der Waals surface area contributed by atoms with Crippen molar-refractivity contribution in [3.05, 3.63) is 21.1 Å². The molecule has 2 rings (SSSR count). The van der Waals surface area contributed by atoms with Gasteiger partial charge in [0.15, 0.2) is 0 Å². The van der Waals surface area contributed by atoms with Crippen LogP contribution in [0.25, 0.3) is 0 Å². The average Bonchev–Trinajstić information content (AvgIpc) is 2.98. The highest BCUT2D eigenvalue weighted by molar-refractivity contribution is 7.15. The van der Waals surface area contributed by atoms with Crippen molar-refractivity contribution < 1.29 is 4.79 Å². The lowest BCUT2D eigenvalue weighted by molar-refractivity contribution is 0.102. The van der Waals surface area contributed by atoms with Gasteiger partial charge in [0.25, 0.3) is 5.91 Å². The summed E-state index contributed by atoms with van der Waals surface area (Å²) in [6, 6.07) is 0. The Balaban J connectivity index is 0.00000200. The number of hydrogen-bond acceptors (Lipinski definition) is 7. The molecule has 110 valence electrons. The average molecular weight is 334 g/mol. The van der Waals surface area contributed by atoms with Crippen molar-refractivity contribution >= 4 is 46.1 Å². The summed E-state index contributed by atoms with van der Waals surface area (Å²) >= 11 is 2.82. The second-order valence-corrected chi connectivity index (χ2v) is 6.17. The molecule has 2 aromatic heterocycles. The molecule has 3 N–H and O–H groups in total. The Bertz CT molecular complexity index is 569. The van der Waals surface area contributed by atoms with Crippen molar-refractivity contribution in [3.8, 4) is 0 Å². The van der Waals surface area contributed by atoms with E-state index in [4.69, 9.17) is 5.73 Å². The smallest absolute Gasteiger partial charge is 0.276 e. The van der Waals surface area contributed by atoms with Crippen LogP contribution in [0.5, 0.6) is 0 Å². The summed E-state index contributed by atoms with van der Waals surface area (Å²) in [6.45, 7) is 4.60. The first-order valence-electron chi connectivity index (χ1n) is 5.89. The molecule has 0 unspecified atom stereocenters. The van der Waals surface area contributed by atoms with Gasteiger partial charge in [0.1, 0.15) is 10.7 Å². The monoisotopic (exact) mass is 333 g/mol. The van der Waals surface area contributed by atoms with Gasteiger partial charge in [-0.25, -0.2) is 4.98 Å². The fourth-order valence-electron chi connectivity index (χ4n) is 1.33.